The van der Waals surface area contributed by atoms with Crippen molar-refractivity contribution in [3.63, 3.8) is 0 Å². The molecule has 0 bridgehead atoms. The summed E-state index contributed by atoms with van der Waals surface area (Å²) in [7, 11) is 0. The molecule has 172 valence electrons. The standard InChI is InChI=1S/C25H20ClN3O4S/c1-15(23(30)27-16-10-11-21-22(14-16)33-13-12-32-21)34-25-28-19-8-4-2-6-17(19)24(31)29(25)20-9-5-3-7-18(20)26/h2-11,14-15H,12-13H2,1H3,(H,27,30). The molecule has 1 atom stereocenters. The first kappa shape index (κ1) is 22.3. The second kappa shape index (κ2) is 9.40. The van der Waals surface area contributed by atoms with Gasteiger partial charge in [-0.25, -0.2) is 4.98 Å². The van der Waals surface area contributed by atoms with Crippen molar-refractivity contribution in [1.82, 2.24) is 9.55 Å². The van der Waals surface area contributed by atoms with E-state index in [0.717, 1.165) is 0 Å². The van der Waals surface area contributed by atoms with Crippen LogP contribution in [0, 0.1) is 0 Å². The van der Waals surface area contributed by atoms with E-state index in [9.17, 15) is 9.59 Å². The number of carbonyl (C=O) groups excluding carboxylic acids is 1. The molecule has 34 heavy (non-hydrogen) atoms. The van der Waals surface area contributed by atoms with Gasteiger partial charge < -0.3 is 14.8 Å². The highest BCUT2D eigenvalue weighted by atomic mass is 35.5. The zero-order valence-corrected chi connectivity index (χ0v) is 19.7. The number of nitrogens with one attached hydrogen (secondary N) is 1. The highest BCUT2D eigenvalue weighted by molar-refractivity contribution is 8.00. The number of hydrogen-bond acceptors (Lipinski definition) is 6. The number of ether oxygens (including phenoxy) is 2. The molecule has 0 saturated heterocycles. The van der Waals surface area contributed by atoms with Crippen LogP contribution < -0.4 is 20.3 Å². The largest absolute Gasteiger partial charge is 0.486 e. The third kappa shape index (κ3) is 4.34. The first-order valence-electron chi connectivity index (χ1n) is 10.6. The minimum atomic E-state index is -0.560. The smallest absolute Gasteiger partial charge is 0.266 e. The number of aromatic nitrogens is 2. The number of anilines is 1. The SMILES string of the molecule is CC(Sc1nc2ccccc2c(=O)n1-c1ccccc1Cl)C(=O)Nc1ccc2c(c1)OCCO2. The number of halogens is 1. The lowest BCUT2D eigenvalue weighted by molar-refractivity contribution is -0.115. The van der Waals surface area contributed by atoms with Gasteiger partial charge in [-0.2, -0.15) is 0 Å². The van der Waals surface area contributed by atoms with Crippen molar-refractivity contribution in [1.29, 1.82) is 0 Å². The van der Waals surface area contributed by atoms with Crippen LogP contribution in [0.2, 0.25) is 5.02 Å². The Hall–Kier alpha value is -3.49. The molecule has 9 heteroatoms. The van der Waals surface area contributed by atoms with Gasteiger partial charge in [0.15, 0.2) is 16.7 Å². The van der Waals surface area contributed by atoms with Gasteiger partial charge in [-0.1, -0.05) is 47.6 Å². The van der Waals surface area contributed by atoms with Gasteiger partial charge >= 0.3 is 0 Å². The lowest BCUT2D eigenvalue weighted by atomic mass is 10.2. The molecule has 1 aliphatic heterocycles. The normalized spacial score (nSPS) is 13.5. The molecule has 0 aliphatic carbocycles. The minimum Gasteiger partial charge on any atom is -0.486 e. The number of carbonyl (C=O) groups is 1. The van der Waals surface area contributed by atoms with E-state index in [-0.39, 0.29) is 11.5 Å². The van der Waals surface area contributed by atoms with Crippen LogP contribution in [0.5, 0.6) is 11.5 Å². The molecule has 1 aromatic heterocycles. The number of fused-ring (bicyclic) bond motifs is 2. The summed E-state index contributed by atoms with van der Waals surface area (Å²) in [6, 6.07) is 19.4. The zero-order valence-electron chi connectivity index (χ0n) is 18.2. The maximum absolute atomic E-state index is 13.4. The molecule has 4 aromatic rings. The van der Waals surface area contributed by atoms with Crippen LogP contribution in [0.15, 0.2) is 76.7 Å². The van der Waals surface area contributed by atoms with E-state index in [1.165, 1.54) is 16.3 Å². The fourth-order valence-electron chi connectivity index (χ4n) is 3.61. The summed E-state index contributed by atoms with van der Waals surface area (Å²) in [6.07, 6.45) is 0. The average molecular weight is 494 g/mol. The molecular weight excluding hydrogens is 474 g/mol. The third-order valence-electron chi connectivity index (χ3n) is 5.30. The van der Waals surface area contributed by atoms with Crippen molar-refractivity contribution in [2.45, 2.75) is 17.3 Å². The maximum atomic E-state index is 13.4. The molecule has 0 fully saturated rings. The quantitative estimate of drug-likeness (QED) is 0.313. The van der Waals surface area contributed by atoms with E-state index in [1.807, 2.05) is 6.07 Å². The van der Waals surface area contributed by atoms with Gasteiger partial charge in [0.05, 0.1) is 26.9 Å². The van der Waals surface area contributed by atoms with E-state index in [2.05, 4.69) is 5.32 Å². The van der Waals surface area contributed by atoms with Crippen LogP contribution in [0.3, 0.4) is 0 Å². The first-order valence-corrected chi connectivity index (χ1v) is 11.9. The number of nitrogens with zero attached hydrogens (tertiary/aromatic N) is 2. The first-order chi connectivity index (χ1) is 16.5. The van der Waals surface area contributed by atoms with Gasteiger partial charge in [-0.05, 0) is 43.3 Å². The summed E-state index contributed by atoms with van der Waals surface area (Å²) in [5.41, 5.74) is 1.41. The molecule has 0 spiro atoms. The summed E-state index contributed by atoms with van der Waals surface area (Å²) in [4.78, 5) is 31.1. The van der Waals surface area contributed by atoms with Crippen LogP contribution in [0.25, 0.3) is 16.6 Å². The summed E-state index contributed by atoms with van der Waals surface area (Å²) in [5, 5.41) is 3.60. The van der Waals surface area contributed by atoms with Crippen LogP contribution >= 0.6 is 23.4 Å². The van der Waals surface area contributed by atoms with Crippen LogP contribution in [0.4, 0.5) is 5.69 Å². The van der Waals surface area contributed by atoms with Crippen molar-refractivity contribution in [2.75, 3.05) is 18.5 Å². The fraction of sp³-hybridized carbons (Fsp3) is 0.160. The number of para-hydroxylation sites is 2. The second-order valence-electron chi connectivity index (χ2n) is 7.61. The molecule has 0 radical (unpaired) electrons. The highest BCUT2D eigenvalue weighted by Gasteiger charge is 2.22. The predicted octanol–water partition coefficient (Wildman–Crippen LogP) is 4.93. The summed E-state index contributed by atoms with van der Waals surface area (Å²) >= 11 is 7.60. The number of amides is 1. The topological polar surface area (TPSA) is 82.5 Å². The van der Waals surface area contributed by atoms with Crippen molar-refractivity contribution >= 4 is 45.9 Å². The van der Waals surface area contributed by atoms with Crippen molar-refractivity contribution < 1.29 is 14.3 Å². The van der Waals surface area contributed by atoms with Gasteiger partial charge in [0.25, 0.3) is 5.56 Å². The van der Waals surface area contributed by atoms with Gasteiger partial charge in [0.2, 0.25) is 5.91 Å². The monoisotopic (exact) mass is 493 g/mol. The Labute approximate surface area is 204 Å². The van der Waals surface area contributed by atoms with E-state index >= 15 is 0 Å². The van der Waals surface area contributed by atoms with Crippen LogP contribution in [-0.2, 0) is 4.79 Å². The van der Waals surface area contributed by atoms with E-state index in [0.29, 0.717) is 57.2 Å². The molecule has 7 nitrogen and oxygen atoms in total. The Morgan fingerprint density at radius 2 is 1.79 bits per heavy atom. The Kier molecular flexibility index (Phi) is 6.17. The number of hydrogen-bond donors (Lipinski definition) is 1. The minimum absolute atomic E-state index is 0.241. The van der Waals surface area contributed by atoms with Crippen molar-refractivity contribution in [3.8, 4) is 17.2 Å². The molecule has 1 unspecified atom stereocenters. The zero-order chi connectivity index (χ0) is 23.7. The van der Waals surface area contributed by atoms with Gasteiger partial charge in [-0.3, -0.25) is 14.2 Å². The molecule has 1 aliphatic rings. The van der Waals surface area contributed by atoms with Gasteiger partial charge in [0.1, 0.15) is 13.2 Å². The fourth-order valence-corrected chi connectivity index (χ4v) is 4.75. The van der Waals surface area contributed by atoms with E-state index in [1.54, 1.807) is 67.6 Å². The molecule has 2 heterocycles. The lowest BCUT2D eigenvalue weighted by Gasteiger charge is -2.20. The predicted molar refractivity (Wildman–Crippen MR) is 134 cm³/mol. The number of thioether (sulfide) groups is 1. The Balaban J connectivity index is 1.47. The van der Waals surface area contributed by atoms with Gasteiger partial charge in [0, 0.05) is 11.8 Å². The van der Waals surface area contributed by atoms with Crippen LogP contribution in [0.1, 0.15) is 6.92 Å². The molecule has 3 aromatic carbocycles. The lowest BCUT2D eigenvalue weighted by Crippen LogP contribution is -2.26. The average Bonchev–Trinajstić information content (AvgIpc) is 2.85. The Morgan fingerprint density at radius 1 is 1.06 bits per heavy atom. The van der Waals surface area contributed by atoms with Crippen molar-refractivity contribution in [2.24, 2.45) is 0 Å². The summed E-state index contributed by atoms with van der Waals surface area (Å²) in [5.74, 6) is 0.999. The molecule has 5 rings (SSSR count). The van der Waals surface area contributed by atoms with E-state index < -0.39 is 5.25 Å². The number of benzene rings is 3. The summed E-state index contributed by atoms with van der Waals surface area (Å²) in [6.45, 7) is 2.72. The maximum Gasteiger partial charge on any atom is 0.266 e. The second-order valence-corrected chi connectivity index (χ2v) is 9.33. The molecular formula is C25H20ClN3O4S. The van der Waals surface area contributed by atoms with Crippen LogP contribution in [-0.4, -0.2) is 33.9 Å². The molecule has 1 amide bonds. The molecule has 1 N–H and O–H groups in total. The van der Waals surface area contributed by atoms with Crippen molar-refractivity contribution in [3.05, 3.63) is 82.1 Å². The Morgan fingerprint density at radius 3 is 2.62 bits per heavy atom. The van der Waals surface area contributed by atoms with E-state index in [4.69, 9.17) is 26.1 Å². The Bertz CT molecular complexity index is 1460. The van der Waals surface area contributed by atoms with Gasteiger partial charge in [-0.15, -0.1) is 0 Å². The number of rotatable bonds is 5. The third-order valence-corrected chi connectivity index (χ3v) is 6.67. The molecule has 0 saturated carbocycles. The highest BCUT2D eigenvalue weighted by Crippen LogP contribution is 2.33. The summed E-state index contributed by atoms with van der Waals surface area (Å²) < 4.78 is 12.6.